The number of aliphatic hydroxyl groups is 1. The molecule has 1 rings (SSSR count). The molecule has 142 valence electrons. The summed E-state index contributed by atoms with van der Waals surface area (Å²) >= 11 is 0. The van der Waals surface area contributed by atoms with Crippen LogP contribution in [0.3, 0.4) is 0 Å². The molecule has 1 atom stereocenters. The molecule has 1 aromatic rings. The Morgan fingerprint density at radius 1 is 1.12 bits per heavy atom. The molecule has 5 nitrogen and oxygen atoms in total. The van der Waals surface area contributed by atoms with Crippen LogP contribution < -0.4 is 5.43 Å². The van der Waals surface area contributed by atoms with E-state index in [9.17, 15) is 9.90 Å². The number of quaternary nitrogens is 1. The van der Waals surface area contributed by atoms with Gasteiger partial charge in [-0.25, -0.2) is 4.59 Å². The lowest BCUT2D eigenvalue weighted by atomic mass is 10.1. The third kappa shape index (κ3) is 10.2. The summed E-state index contributed by atoms with van der Waals surface area (Å²) in [5.41, 5.74) is 3.30. The van der Waals surface area contributed by atoms with Gasteiger partial charge in [-0.05, 0) is 18.6 Å². The van der Waals surface area contributed by atoms with Gasteiger partial charge in [0.1, 0.15) is 18.3 Å². The van der Waals surface area contributed by atoms with Crippen LogP contribution >= 0.6 is 0 Å². The zero-order valence-electron chi connectivity index (χ0n) is 16.2. The molecule has 0 fully saturated rings. The molecule has 1 unspecified atom stereocenters. The van der Waals surface area contributed by atoms with Gasteiger partial charge in [0.15, 0.2) is 0 Å². The summed E-state index contributed by atoms with van der Waals surface area (Å²) in [7, 11) is 3.77. The second-order valence-corrected chi connectivity index (χ2v) is 7.44. The minimum absolute atomic E-state index is 0.218. The Labute approximate surface area is 153 Å². The first-order valence-corrected chi connectivity index (χ1v) is 9.69. The summed E-state index contributed by atoms with van der Waals surface area (Å²) < 4.78 is 0.244. The average molecular weight is 351 g/mol. The third-order valence-electron chi connectivity index (χ3n) is 4.36. The molecule has 0 saturated carbocycles. The summed E-state index contributed by atoms with van der Waals surface area (Å²) in [5, 5.41) is 10.3. The number of likely N-dealkylation sites (N-methyl/N-ethyl adjacent to an activating group) is 1. The van der Waals surface area contributed by atoms with E-state index in [0.717, 1.165) is 12.8 Å². The monoisotopic (exact) mass is 350 g/mol. The van der Waals surface area contributed by atoms with Gasteiger partial charge in [-0.3, -0.25) is 9.78 Å². The summed E-state index contributed by atoms with van der Waals surface area (Å²) in [6.07, 6.45) is 12.1. The highest BCUT2D eigenvalue weighted by molar-refractivity contribution is 5.91. The molecule has 25 heavy (non-hydrogen) atoms. The van der Waals surface area contributed by atoms with Crippen LogP contribution in [-0.4, -0.2) is 47.3 Å². The molecule has 1 amide bonds. The van der Waals surface area contributed by atoms with Gasteiger partial charge in [-0.2, -0.15) is 5.43 Å². The fourth-order valence-corrected chi connectivity index (χ4v) is 3.01. The number of aromatic nitrogens is 1. The Morgan fingerprint density at radius 3 is 2.36 bits per heavy atom. The van der Waals surface area contributed by atoms with Crippen LogP contribution in [0.2, 0.25) is 0 Å². The van der Waals surface area contributed by atoms with Crippen molar-refractivity contribution >= 4 is 5.91 Å². The molecule has 1 heterocycles. The zero-order valence-corrected chi connectivity index (χ0v) is 16.2. The largest absolute Gasteiger partial charge is 0.387 e. The number of unbranched alkanes of at least 4 members (excludes halogenated alkanes) is 7. The van der Waals surface area contributed by atoms with Gasteiger partial charge >= 0.3 is 5.91 Å². The predicted octanol–water partition coefficient (Wildman–Crippen LogP) is 3.69. The molecule has 5 heteroatoms. The molecule has 0 spiro atoms. The molecule has 0 aliphatic carbocycles. The summed E-state index contributed by atoms with van der Waals surface area (Å²) in [6.45, 7) is 2.73. The van der Waals surface area contributed by atoms with Crippen molar-refractivity contribution in [2.45, 2.75) is 70.8 Å². The topological polar surface area (TPSA) is 62.2 Å². The maximum Gasteiger partial charge on any atom is 0.314 e. The third-order valence-corrected chi connectivity index (χ3v) is 4.36. The first-order valence-electron chi connectivity index (χ1n) is 9.69. The number of carbonyl (C=O) groups is 1. The van der Waals surface area contributed by atoms with Crippen LogP contribution in [0.1, 0.15) is 75.2 Å². The standard InChI is InChI=1S/C20H35N3O2/c1-4-5-6-7-8-9-10-11-14-18(24)17-23(2,3)22-20(25)19-15-12-13-16-21-19/h12-13,15-16,18,24H,4-11,14,17H2,1-3H3/p+1. The normalized spacial score (nSPS) is 12.8. The zero-order chi connectivity index (χ0) is 18.5. The van der Waals surface area contributed by atoms with E-state index in [0.29, 0.717) is 12.2 Å². The van der Waals surface area contributed by atoms with E-state index in [1.807, 2.05) is 14.1 Å². The van der Waals surface area contributed by atoms with Crippen LogP contribution in [0.5, 0.6) is 0 Å². The number of aliphatic hydroxyl groups excluding tert-OH is 1. The van der Waals surface area contributed by atoms with Gasteiger partial charge in [0.2, 0.25) is 0 Å². The van der Waals surface area contributed by atoms with Crippen LogP contribution in [0.25, 0.3) is 0 Å². The van der Waals surface area contributed by atoms with E-state index >= 15 is 0 Å². The van der Waals surface area contributed by atoms with Crippen molar-refractivity contribution in [1.82, 2.24) is 10.4 Å². The highest BCUT2D eigenvalue weighted by atomic mass is 16.3. The molecule has 1 aromatic heterocycles. The Morgan fingerprint density at radius 2 is 1.76 bits per heavy atom. The molecule has 0 radical (unpaired) electrons. The molecule has 0 aliphatic rings. The van der Waals surface area contributed by atoms with Crippen LogP contribution in [0, 0.1) is 0 Å². The predicted molar refractivity (Wildman–Crippen MR) is 102 cm³/mol. The molecule has 0 saturated heterocycles. The number of nitrogens with zero attached hydrogens (tertiary/aromatic N) is 2. The summed E-state index contributed by atoms with van der Waals surface area (Å²) in [4.78, 5) is 16.2. The number of carbonyl (C=O) groups excluding carboxylic acids is 1. The van der Waals surface area contributed by atoms with Crippen molar-refractivity contribution in [1.29, 1.82) is 0 Å². The first kappa shape index (κ1) is 21.6. The van der Waals surface area contributed by atoms with E-state index < -0.39 is 6.10 Å². The van der Waals surface area contributed by atoms with E-state index in [4.69, 9.17) is 0 Å². The van der Waals surface area contributed by atoms with Crippen molar-refractivity contribution in [3.63, 3.8) is 0 Å². The molecule has 0 aliphatic heterocycles. The Balaban J connectivity index is 2.19. The van der Waals surface area contributed by atoms with Gasteiger partial charge in [0.25, 0.3) is 0 Å². The van der Waals surface area contributed by atoms with Gasteiger partial charge in [0, 0.05) is 6.20 Å². The van der Waals surface area contributed by atoms with E-state index in [2.05, 4.69) is 17.3 Å². The minimum atomic E-state index is -0.404. The smallest absolute Gasteiger partial charge is 0.314 e. The first-order chi connectivity index (χ1) is 11.9. The fourth-order valence-electron chi connectivity index (χ4n) is 3.01. The highest BCUT2D eigenvalue weighted by Gasteiger charge is 2.24. The summed E-state index contributed by atoms with van der Waals surface area (Å²) in [5.74, 6) is -0.218. The van der Waals surface area contributed by atoms with E-state index in [1.54, 1.807) is 24.4 Å². The lowest BCUT2D eigenvalue weighted by Gasteiger charge is -2.30. The summed E-state index contributed by atoms with van der Waals surface area (Å²) in [6, 6.07) is 5.26. The van der Waals surface area contributed by atoms with Crippen LogP contribution in [0.4, 0.5) is 0 Å². The maximum atomic E-state index is 12.2. The lowest BCUT2D eigenvalue weighted by Crippen LogP contribution is -2.57. The van der Waals surface area contributed by atoms with Crippen molar-refractivity contribution in [2.75, 3.05) is 20.6 Å². The van der Waals surface area contributed by atoms with Crippen molar-refractivity contribution in [2.24, 2.45) is 0 Å². The molecular formula is C20H36N3O2+. The average Bonchev–Trinajstić information content (AvgIpc) is 2.57. The lowest BCUT2D eigenvalue weighted by molar-refractivity contribution is -0.927. The second kappa shape index (κ2) is 12.0. The van der Waals surface area contributed by atoms with Crippen molar-refractivity contribution in [3.05, 3.63) is 30.1 Å². The number of amides is 1. The Hall–Kier alpha value is -1.46. The SMILES string of the molecule is CCCCCCCCCCC(O)C[N+](C)(C)NC(=O)c1ccccn1. The number of hydrogen-bond acceptors (Lipinski definition) is 3. The number of pyridine rings is 1. The second-order valence-electron chi connectivity index (χ2n) is 7.44. The van der Waals surface area contributed by atoms with Gasteiger partial charge in [-0.15, -0.1) is 0 Å². The quantitative estimate of drug-likeness (QED) is 0.324. The number of rotatable bonds is 13. The van der Waals surface area contributed by atoms with E-state index in [1.165, 1.54) is 44.9 Å². The highest BCUT2D eigenvalue weighted by Crippen LogP contribution is 2.11. The van der Waals surface area contributed by atoms with Crippen LogP contribution in [0.15, 0.2) is 24.4 Å². The molecule has 0 bridgehead atoms. The van der Waals surface area contributed by atoms with Gasteiger partial charge in [-0.1, -0.05) is 64.4 Å². The minimum Gasteiger partial charge on any atom is -0.387 e. The Bertz CT molecular complexity index is 477. The van der Waals surface area contributed by atoms with Crippen LogP contribution in [-0.2, 0) is 0 Å². The number of nitrogens with one attached hydrogen (secondary N) is 1. The molecule has 0 aromatic carbocycles. The van der Waals surface area contributed by atoms with Crippen molar-refractivity contribution < 1.29 is 14.5 Å². The molecular weight excluding hydrogens is 314 g/mol. The number of hydrogen-bond donors (Lipinski definition) is 2. The maximum absolute atomic E-state index is 12.2. The fraction of sp³-hybridized carbons (Fsp3) is 0.700. The Kier molecular flexibility index (Phi) is 10.3. The van der Waals surface area contributed by atoms with E-state index in [-0.39, 0.29) is 10.5 Å². The van der Waals surface area contributed by atoms with Gasteiger partial charge in [0.05, 0.1) is 14.1 Å². The van der Waals surface area contributed by atoms with Crippen molar-refractivity contribution in [3.8, 4) is 0 Å². The van der Waals surface area contributed by atoms with Gasteiger partial charge < -0.3 is 5.11 Å². The molecule has 2 N–H and O–H groups in total.